The van der Waals surface area contributed by atoms with Crippen LogP contribution in [-0.2, 0) is 12.8 Å². The molecule has 1 aliphatic rings. The van der Waals surface area contributed by atoms with Gasteiger partial charge in [0.2, 0.25) is 0 Å². The predicted molar refractivity (Wildman–Crippen MR) is 52.6 cm³/mol. The number of fused-ring (bicyclic) bond motifs is 1. The van der Waals surface area contributed by atoms with E-state index < -0.39 is 0 Å². The Kier molecular flexibility index (Phi) is 2.03. The summed E-state index contributed by atoms with van der Waals surface area (Å²) in [6.45, 7) is 0. The molecule has 1 N–H and O–H groups in total. The molecular weight excluding hydrogens is 146 g/mol. The van der Waals surface area contributed by atoms with Gasteiger partial charge in [0.05, 0.1) is 0 Å². The van der Waals surface area contributed by atoms with E-state index in [2.05, 4.69) is 23.5 Å². The van der Waals surface area contributed by atoms with Gasteiger partial charge in [0.25, 0.3) is 0 Å². The highest BCUT2D eigenvalue weighted by molar-refractivity contribution is 5.55. The van der Waals surface area contributed by atoms with Gasteiger partial charge in [-0.2, -0.15) is 0 Å². The lowest BCUT2D eigenvalue weighted by Gasteiger charge is -2.18. The lowest BCUT2D eigenvalue weighted by molar-refractivity contribution is 0.687. The van der Waals surface area contributed by atoms with E-state index in [1.165, 1.54) is 31.4 Å². The minimum absolute atomic E-state index is 1.26. The molecular formula is C11H15N. The molecule has 1 aromatic carbocycles. The highest BCUT2D eigenvalue weighted by Gasteiger charge is 2.11. The van der Waals surface area contributed by atoms with Crippen molar-refractivity contribution < 1.29 is 0 Å². The number of aryl methyl sites for hydroxylation is 1. The van der Waals surface area contributed by atoms with E-state index in [4.69, 9.17) is 0 Å². The molecule has 0 saturated carbocycles. The fourth-order valence-electron chi connectivity index (χ4n) is 2.02. The normalized spacial score (nSPS) is 15.4. The Hall–Kier alpha value is -0.980. The summed E-state index contributed by atoms with van der Waals surface area (Å²) < 4.78 is 0. The molecule has 64 valence electrons. The standard InChI is InChI=1S/C11H15N/c1-12-11-8-4-6-9-5-2-3-7-10(9)11/h4,6,8,12H,2-3,5,7H2,1H3. The van der Waals surface area contributed by atoms with Crippen LogP contribution in [0.5, 0.6) is 0 Å². The molecule has 0 heterocycles. The molecule has 1 aromatic rings. The van der Waals surface area contributed by atoms with Gasteiger partial charge in [-0.25, -0.2) is 0 Å². The second-order valence-electron chi connectivity index (χ2n) is 3.40. The minimum Gasteiger partial charge on any atom is -0.388 e. The summed E-state index contributed by atoms with van der Waals surface area (Å²) in [6, 6.07) is 6.58. The van der Waals surface area contributed by atoms with Crippen molar-refractivity contribution in [3.63, 3.8) is 0 Å². The van der Waals surface area contributed by atoms with Crippen molar-refractivity contribution in [1.82, 2.24) is 0 Å². The smallest absolute Gasteiger partial charge is 0.0372 e. The Bertz CT molecular complexity index is 264. The van der Waals surface area contributed by atoms with Crippen LogP contribution in [0.4, 0.5) is 5.69 Å². The molecule has 0 fully saturated rings. The monoisotopic (exact) mass is 161 g/mol. The summed E-state index contributed by atoms with van der Waals surface area (Å²) >= 11 is 0. The average molecular weight is 161 g/mol. The van der Waals surface area contributed by atoms with Crippen LogP contribution < -0.4 is 5.32 Å². The van der Waals surface area contributed by atoms with Gasteiger partial charge in [0, 0.05) is 12.7 Å². The lowest BCUT2D eigenvalue weighted by Crippen LogP contribution is -2.05. The second-order valence-corrected chi connectivity index (χ2v) is 3.40. The van der Waals surface area contributed by atoms with Crippen LogP contribution in [0.25, 0.3) is 0 Å². The SMILES string of the molecule is CNc1cccc2c1CCCC2. The van der Waals surface area contributed by atoms with Gasteiger partial charge in [-0.1, -0.05) is 12.1 Å². The maximum absolute atomic E-state index is 3.26. The van der Waals surface area contributed by atoms with Gasteiger partial charge in [-0.15, -0.1) is 0 Å². The van der Waals surface area contributed by atoms with Gasteiger partial charge in [-0.3, -0.25) is 0 Å². The third kappa shape index (κ3) is 1.20. The van der Waals surface area contributed by atoms with E-state index in [0.717, 1.165) is 0 Å². The zero-order valence-electron chi connectivity index (χ0n) is 7.56. The first-order chi connectivity index (χ1) is 5.92. The number of benzene rings is 1. The minimum atomic E-state index is 1.26. The van der Waals surface area contributed by atoms with Crippen LogP contribution in [-0.4, -0.2) is 7.05 Å². The van der Waals surface area contributed by atoms with E-state index in [-0.39, 0.29) is 0 Å². The topological polar surface area (TPSA) is 12.0 Å². The Morgan fingerprint density at radius 3 is 2.83 bits per heavy atom. The zero-order chi connectivity index (χ0) is 8.39. The number of hydrogen-bond acceptors (Lipinski definition) is 1. The molecule has 1 aliphatic carbocycles. The summed E-state index contributed by atoms with van der Waals surface area (Å²) in [5.41, 5.74) is 4.42. The Balaban J connectivity index is 2.44. The summed E-state index contributed by atoms with van der Waals surface area (Å²) in [4.78, 5) is 0. The fourth-order valence-corrected chi connectivity index (χ4v) is 2.02. The highest BCUT2D eigenvalue weighted by Crippen LogP contribution is 2.27. The highest BCUT2D eigenvalue weighted by atomic mass is 14.8. The molecule has 1 heteroatoms. The van der Waals surface area contributed by atoms with Crippen molar-refractivity contribution in [2.75, 3.05) is 12.4 Å². The Morgan fingerprint density at radius 2 is 2.00 bits per heavy atom. The van der Waals surface area contributed by atoms with Crippen LogP contribution >= 0.6 is 0 Å². The Morgan fingerprint density at radius 1 is 1.17 bits per heavy atom. The van der Waals surface area contributed by atoms with Crippen LogP contribution in [0.3, 0.4) is 0 Å². The van der Waals surface area contributed by atoms with E-state index >= 15 is 0 Å². The Labute approximate surface area is 73.8 Å². The number of nitrogens with one attached hydrogen (secondary N) is 1. The van der Waals surface area contributed by atoms with Gasteiger partial charge in [0.15, 0.2) is 0 Å². The maximum atomic E-state index is 3.26. The van der Waals surface area contributed by atoms with Crippen molar-refractivity contribution in [1.29, 1.82) is 0 Å². The van der Waals surface area contributed by atoms with Crippen molar-refractivity contribution in [2.45, 2.75) is 25.7 Å². The third-order valence-electron chi connectivity index (χ3n) is 2.67. The van der Waals surface area contributed by atoms with Crippen LogP contribution in [0, 0.1) is 0 Å². The first-order valence-corrected chi connectivity index (χ1v) is 4.70. The van der Waals surface area contributed by atoms with Crippen LogP contribution in [0.15, 0.2) is 18.2 Å². The zero-order valence-corrected chi connectivity index (χ0v) is 7.56. The summed E-state index contributed by atoms with van der Waals surface area (Å²) in [5, 5.41) is 3.26. The number of hydrogen-bond donors (Lipinski definition) is 1. The first-order valence-electron chi connectivity index (χ1n) is 4.70. The lowest BCUT2D eigenvalue weighted by atomic mass is 9.90. The largest absolute Gasteiger partial charge is 0.388 e. The van der Waals surface area contributed by atoms with Crippen LogP contribution in [0.1, 0.15) is 24.0 Å². The first kappa shape index (κ1) is 7.66. The molecule has 0 aromatic heterocycles. The van der Waals surface area contributed by atoms with E-state index in [1.807, 2.05) is 7.05 Å². The molecule has 1 nitrogen and oxygen atoms in total. The molecule has 0 unspecified atom stereocenters. The van der Waals surface area contributed by atoms with Crippen molar-refractivity contribution in [3.8, 4) is 0 Å². The summed E-state index contributed by atoms with van der Waals surface area (Å²) in [5.74, 6) is 0. The molecule has 2 rings (SSSR count). The molecule has 0 radical (unpaired) electrons. The van der Waals surface area contributed by atoms with E-state index in [0.29, 0.717) is 0 Å². The average Bonchev–Trinajstić information content (AvgIpc) is 2.17. The van der Waals surface area contributed by atoms with E-state index in [1.54, 1.807) is 11.1 Å². The molecule has 0 spiro atoms. The second kappa shape index (κ2) is 3.18. The van der Waals surface area contributed by atoms with E-state index in [9.17, 15) is 0 Å². The van der Waals surface area contributed by atoms with Crippen LogP contribution in [0.2, 0.25) is 0 Å². The number of anilines is 1. The fraction of sp³-hybridized carbons (Fsp3) is 0.455. The van der Waals surface area contributed by atoms with Gasteiger partial charge < -0.3 is 5.32 Å². The molecule has 0 saturated heterocycles. The molecule has 0 atom stereocenters. The quantitative estimate of drug-likeness (QED) is 0.667. The van der Waals surface area contributed by atoms with Gasteiger partial charge >= 0.3 is 0 Å². The summed E-state index contributed by atoms with van der Waals surface area (Å²) in [6.07, 6.45) is 5.24. The molecule has 12 heavy (non-hydrogen) atoms. The molecule has 0 bridgehead atoms. The number of rotatable bonds is 1. The molecule has 0 aliphatic heterocycles. The third-order valence-corrected chi connectivity index (χ3v) is 2.67. The van der Waals surface area contributed by atoms with Gasteiger partial charge in [0.1, 0.15) is 0 Å². The predicted octanol–water partition coefficient (Wildman–Crippen LogP) is 2.61. The molecule has 0 amide bonds. The van der Waals surface area contributed by atoms with Crippen molar-refractivity contribution >= 4 is 5.69 Å². The van der Waals surface area contributed by atoms with Crippen molar-refractivity contribution in [2.24, 2.45) is 0 Å². The summed E-state index contributed by atoms with van der Waals surface area (Å²) in [7, 11) is 2.00. The van der Waals surface area contributed by atoms with Crippen molar-refractivity contribution in [3.05, 3.63) is 29.3 Å². The van der Waals surface area contributed by atoms with Gasteiger partial charge in [-0.05, 0) is 42.9 Å². The maximum Gasteiger partial charge on any atom is 0.0372 e.